The number of rotatable bonds is 5. The Morgan fingerprint density at radius 1 is 1.09 bits per heavy atom. The first-order valence-electron chi connectivity index (χ1n) is 11.2. The zero-order valence-corrected chi connectivity index (χ0v) is 18.8. The van der Waals surface area contributed by atoms with Crippen LogP contribution in [0.3, 0.4) is 0 Å². The van der Waals surface area contributed by atoms with E-state index in [-0.39, 0.29) is 18.1 Å². The third kappa shape index (κ3) is 4.19. The molecule has 3 aromatic rings. The molecule has 2 aliphatic rings. The molecule has 0 radical (unpaired) electrons. The van der Waals surface area contributed by atoms with E-state index in [1.807, 2.05) is 47.0 Å². The van der Waals surface area contributed by atoms with Gasteiger partial charge in [-0.3, -0.25) is 14.7 Å². The predicted molar refractivity (Wildman–Crippen MR) is 124 cm³/mol. The van der Waals surface area contributed by atoms with Gasteiger partial charge in [0.25, 0.3) is 17.2 Å². The van der Waals surface area contributed by atoms with Crippen LogP contribution in [0.1, 0.15) is 37.8 Å². The highest BCUT2D eigenvalue weighted by Crippen LogP contribution is 2.35. The Labute approximate surface area is 190 Å². The average molecular weight is 454 g/mol. The first-order valence-corrected chi connectivity index (χ1v) is 12.4. The van der Waals surface area contributed by atoms with Gasteiger partial charge in [0, 0.05) is 36.2 Å². The maximum absolute atomic E-state index is 13.4. The fraction of sp³-hybridized carbons (Fsp3) is 0.478. The Morgan fingerprint density at radius 3 is 2.59 bits per heavy atom. The van der Waals surface area contributed by atoms with Gasteiger partial charge in [-0.25, -0.2) is 4.98 Å². The van der Waals surface area contributed by atoms with E-state index in [4.69, 9.17) is 4.74 Å². The van der Waals surface area contributed by atoms with Gasteiger partial charge in [0.2, 0.25) is 0 Å². The lowest BCUT2D eigenvalue weighted by Crippen LogP contribution is -2.53. The van der Waals surface area contributed by atoms with Crippen molar-refractivity contribution in [2.24, 2.45) is 0 Å². The molecule has 5 rings (SSSR count). The number of aromatic nitrogens is 4. The second kappa shape index (κ2) is 9.07. The van der Waals surface area contributed by atoms with Crippen LogP contribution < -0.4 is 5.56 Å². The molecule has 9 heteroatoms. The predicted octanol–water partition coefficient (Wildman–Crippen LogP) is 2.88. The smallest absolute Gasteiger partial charge is 0.274 e. The molecule has 1 aliphatic heterocycles. The summed E-state index contributed by atoms with van der Waals surface area (Å²) in [5.74, 6) is 2.92. The van der Waals surface area contributed by atoms with Crippen LogP contribution in [0.5, 0.6) is 0 Å². The van der Waals surface area contributed by atoms with E-state index in [1.54, 1.807) is 0 Å². The molecule has 0 unspecified atom stereocenters. The molecule has 1 amide bonds. The number of nitrogens with one attached hydrogen (secondary N) is 1. The molecule has 32 heavy (non-hydrogen) atoms. The highest BCUT2D eigenvalue weighted by Gasteiger charge is 2.43. The minimum Gasteiger partial charge on any atom is -0.359 e. The van der Waals surface area contributed by atoms with Crippen LogP contribution >= 0.6 is 11.8 Å². The third-order valence-electron chi connectivity index (χ3n) is 6.28. The van der Waals surface area contributed by atoms with Crippen molar-refractivity contribution in [1.82, 2.24) is 24.5 Å². The molecule has 8 nitrogen and oxygen atoms in total. The van der Waals surface area contributed by atoms with Gasteiger partial charge in [-0.1, -0.05) is 49.6 Å². The van der Waals surface area contributed by atoms with Gasteiger partial charge in [0.15, 0.2) is 5.82 Å². The van der Waals surface area contributed by atoms with Gasteiger partial charge < -0.3 is 9.64 Å². The summed E-state index contributed by atoms with van der Waals surface area (Å²) >= 11 is 1.88. The van der Waals surface area contributed by atoms with Gasteiger partial charge in [-0.2, -0.15) is 21.3 Å². The van der Waals surface area contributed by atoms with Crippen LogP contribution in [0.2, 0.25) is 0 Å². The molecule has 1 aliphatic carbocycles. The molecular formula is C23H27N5O3S. The lowest BCUT2D eigenvalue weighted by molar-refractivity contribution is -0.165. The van der Waals surface area contributed by atoms with Crippen molar-refractivity contribution < 1.29 is 9.53 Å². The zero-order chi connectivity index (χ0) is 22.0. The van der Waals surface area contributed by atoms with E-state index in [1.165, 1.54) is 10.6 Å². The Balaban J connectivity index is 1.39. The molecule has 2 fully saturated rings. The van der Waals surface area contributed by atoms with Gasteiger partial charge >= 0.3 is 0 Å². The number of aromatic amines is 1. The summed E-state index contributed by atoms with van der Waals surface area (Å²) in [6.45, 7) is 1.67. The van der Waals surface area contributed by atoms with Gasteiger partial charge in [-0.05, 0) is 12.8 Å². The molecule has 1 N–H and O–H groups in total. The lowest BCUT2D eigenvalue weighted by atomic mass is 9.83. The first-order chi connectivity index (χ1) is 15.6. The molecule has 0 atom stereocenters. The second-order valence-electron chi connectivity index (χ2n) is 8.41. The van der Waals surface area contributed by atoms with Crippen molar-refractivity contribution in [3.8, 4) is 11.4 Å². The van der Waals surface area contributed by atoms with Crippen LogP contribution in [0.4, 0.5) is 0 Å². The number of hydrogen-bond acceptors (Lipinski definition) is 6. The van der Waals surface area contributed by atoms with Crippen molar-refractivity contribution >= 4 is 23.4 Å². The number of amides is 1. The summed E-state index contributed by atoms with van der Waals surface area (Å²) in [5, 5.41) is 3.01. The lowest BCUT2D eigenvalue weighted by Gasteiger charge is -2.40. The zero-order valence-electron chi connectivity index (χ0n) is 18.0. The number of fused-ring (bicyclic) bond motifs is 1. The number of benzene rings is 1. The van der Waals surface area contributed by atoms with Crippen molar-refractivity contribution in [3.63, 3.8) is 0 Å². The van der Waals surface area contributed by atoms with E-state index in [9.17, 15) is 9.59 Å². The van der Waals surface area contributed by atoms with E-state index < -0.39 is 5.60 Å². The second-order valence-corrected chi connectivity index (χ2v) is 9.63. The first kappa shape index (κ1) is 21.2. The molecule has 0 spiro atoms. The van der Waals surface area contributed by atoms with Crippen molar-refractivity contribution in [2.75, 3.05) is 24.6 Å². The molecule has 1 aromatic carbocycles. The number of hydrogen-bond donors (Lipinski definition) is 1. The monoisotopic (exact) mass is 453 g/mol. The number of carbonyl (C=O) groups excluding carboxylic acids is 1. The topological polar surface area (TPSA) is 92.6 Å². The van der Waals surface area contributed by atoms with Gasteiger partial charge in [0.1, 0.15) is 5.60 Å². The molecule has 168 valence electrons. The van der Waals surface area contributed by atoms with E-state index in [0.29, 0.717) is 17.3 Å². The number of ether oxygens (including phenoxy) is 1. The summed E-state index contributed by atoms with van der Waals surface area (Å²) in [5.41, 5.74) is 0.309. The average Bonchev–Trinajstić information content (AvgIpc) is 3.29. The normalized spacial score (nSPS) is 18.7. The minimum absolute atomic E-state index is 0.0985. The Hall–Kier alpha value is -2.65. The Bertz CT molecular complexity index is 1150. The summed E-state index contributed by atoms with van der Waals surface area (Å²) in [6, 6.07) is 11.1. The minimum atomic E-state index is -0.812. The maximum Gasteiger partial charge on any atom is 0.274 e. The Morgan fingerprint density at radius 2 is 1.84 bits per heavy atom. The van der Waals surface area contributed by atoms with E-state index >= 15 is 0 Å². The van der Waals surface area contributed by atoms with Gasteiger partial charge in [0.05, 0.1) is 12.3 Å². The number of carbonyl (C=O) groups is 1. The summed E-state index contributed by atoms with van der Waals surface area (Å²) in [4.78, 5) is 37.1. The fourth-order valence-corrected chi connectivity index (χ4v) is 5.44. The SMILES string of the molecule is O=C(N1CCSCC1)C1(OCc2cc(=O)n3[nH]c(-c4ccccc4)nc3n2)CCCCC1. The van der Waals surface area contributed by atoms with Crippen LogP contribution in [0, 0.1) is 0 Å². The molecule has 2 aromatic heterocycles. The standard InChI is InChI=1S/C23H27N5O3S/c29-19-15-18(24-22-25-20(26-28(19)22)17-7-3-1-4-8-17)16-31-23(9-5-2-6-10-23)21(30)27-11-13-32-14-12-27/h1,3-4,7-8,15H,2,5-6,9-14,16H2,(H,24,25,26). The van der Waals surface area contributed by atoms with Crippen molar-refractivity contribution in [1.29, 1.82) is 0 Å². The largest absolute Gasteiger partial charge is 0.359 e. The molecule has 1 saturated heterocycles. The number of nitrogens with zero attached hydrogens (tertiary/aromatic N) is 4. The Kier molecular flexibility index (Phi) is 6.01. The van der Waals surface area contributed by atoms with E-state index in [0.717, 1.165) is 62.3 Å². The van der Waals surface area contributed by atoms with Gasteiger partial charge in [-0.15, -0.1) is 0 Å². The van der Waals surface area contributed by atoms with Crippen molar-refractivity contribution in [2.45, 2.75) is 44.3 Å². The van der Waals surface area contributed by atoms with Crippen molar-refractivity contribution in [3.05, 3.63) is 52.4 Å². The molecule has 0 bridgehead atoms. The quantitative estimate of drug-likeness (QED) is 0.639. The highest BCUT2D eigenvalue weighted by molar-refractivity contribution is 7.99. The fourth-order valence-electron chi connectivity index (χ4n) is 4.54. The molecule has 1 saturated carbocycles. The maximum atomic E-state index is 13.4. The van der Waals surface area contributed by atoms with Crippen LogP contribution in [-0.2, 0) is 16.1 Å². The summed E-state index contributed by atoms with van der Waals surface area (Å²) in [6.07, 6.45) is 4.51. The molecule has 3 heterocycles. The van der Waals surface area contributed by atoms with E-state index in [2.05, 4.69) is 15.1 Å². The summed E-state index contributed by atoms with van der Waals surface area (Å²) < 4.78 is 7.65. The molecular weight excluding hydrogens is 426 g/mol. The number of H-pyrrole nitrogens is 1. The highest BCUT2D eigenvalue weighted by atomic mass is 32.2. The number of thioether (sulfide) groups is 1. The third-order valence-corrected chi connectivity index (χ3v) is 7.22. The van der Waals surface area contributed by atoms with Crippen LogP contribution in [-0.4, -0.2) is 60.6 Å². The van der Waals surface area contributed by atoms with Crippen LogP contribution in [0.15, 0.2) is 41.2 Å². The summed E-state index contributed by atoms with van der Waals surface area (Å²) in [7, 11) is 0. The van der Waals surface area contributed by atoms with Crippen LogP contribution in [0.25, 0.3) is 17.2 Å².